The summed E-state index contributed by atoms with van der Waals surface area (Å²) in [6.07, 6.45) is 0. The summed E-state index contributed by atoms with van der Waals surface area (Å²) >= 11 is 6.03. The highest BCUT2D eigenvalue weighted by Crippen LogP contribution is 2.24. The molecule has 1 aromatic carbocycles. The molecule has 0 aliphatic rings. The number of nitrogen functional groups attached to an aromatic ring is 1. The molecule has 0 spiro atoms. The Balaban J connectivity index is 2.30. The van der Waals surface area contributed by atoms with Crippen LogP contribution in [0.1, 0.15) is 0 Å². The molecule has 0 amide bonds. The van der Waals surface area contributed by atoms with E-state index in [2.05, 4.69) is 20.6 Å². The zero-order valence-corrected chi connectivity index (χ0v) is 9.99. The molecule has 0 bridgehead atoms. The summed E-state index contributed by atoms with van der Waals surface area (Å²) in [5.41, 5.74) is 6.36. The number of hydrogen-bond donors (Lipinski definition) is 3. The van der Waals surface area contributed by atoms with E-state index < -0.39 is 0 Å². The largest absolute Gasteiger partial charge is 0.373 e. The van der Waals surface area contributed by atoms with Crippen LogP contribution in [-0.2, 0) is 0 Å². The third-order valence-electron chi connectivity index (χ3n) is 2.14. The molecular weight excluding hydrogens is 238 g/mol. The Morgan fingerprint density at radius 1 is 1.18 bits per heavy atom. The van der Waals surface area contributed by atoms with Crippen molar-refractivity contribution >= 4 is 34.9 Å². The fraction of sp³-hybridized carbons (Fsp3) is 0.0909. The van der Waals surface area contributed by atoms with Gasteiger partial charge in [0.15, 0.2) is 0 Å². The Morgan fingerprint density at radius 3 is 2.59 bits per heavy atom. The van der Waals surface area contributed by atoms with Gasteiger partial charge in [-0.15, -0.1) is 0 Å². The van der Waals surface area contributed by atoms with E-state index in [9.17, 15) is 0 Å². The average Bonchev–Trinajstić information content (AvgIpc) is 2.31. The van der Waals surface area contributed by atoms with E-state index in [4.69, 9.17) is 17.3 Å². The molecule has 6 heteroatoms. The lowest BCUT2D eigenvalue weighted by Crippen LogP contribution is -2.03. The first-order valence-electron chi connectivity index (χ1n) is 5.03. The molecule has 0 saturated carbocycles. The van der Waals surface area contributed by atoms with Crippen LogP contribution in [0.15, 0.2) is 30.3 Å². The minimum Gasteiger partial charge on any atom is -0.373 e. The predicted octanol–water partition coefficient (Wildman–Crippen LogP) is 2.50. The standard InChI is InChI=1S/C11H12ClN5/c1-14-9-6-10(17-11(13)16-9)15-8-5-3-2-4-7(8)12/h2-6H,1H3,(H4,13,14,15,16,17). The summed E-state index contributed by atoms with van der Waals surface area (Å²) < 4.78 is 0. The van der Waals surface area contributed by atoms with Crippen LogP contribution in [-0.4, -0.2) is 17.0 Å². The summed E-state index contributed by atoms with van der Waals surface area (Å²) in [7, 11) is 1.76. The van der Waals surface area contributed by atoms with Gasteiger partial charge in [-0.2, -0.15) is 9.97 Å². The summed E-state index contributed by atoms with van der Waals surface area (Å²) in [4.78, 5) is 8.07. The van der Waals surface area contributed by atoms with Gasteiger partial charge < -0.3 is 16.4 Å². The summed E-state index contributed by atoms with van der Waals surface area (Å²) in [6, 6.07) is 9.16. The van der Waals surface area contributed by atoms with Crippen molar-refractivity contribution in [1.29, 1.82) is 0 Å². The van der Waals surface area contributed by atoms with Gasteiger partial charge in [0, 0.05) is 13.1 Å². The van der Waals surface area contributed by atoms with Crippen LogP contribution in [0.3, 0.4) is 0 Å². The van der Waals surface area contributed by atoms with Crippen molar-refractivity contribution in [3.8, 4) is 0 Å². The summed E-state index contributed by atoms with van der Waals surface area (Å²) in [6.45, 7) is 0. The topological polar surface area (TPSA) is 75.9 Å². The number of para-hydroxylation sites is 1. The number of hydrogen-bond acceptors (Lipinski definition) is 5. The highest BCUT2D eigenvalue weighted by atomic mass is 35.5. The molecule has 88 valence electrons. The quantitative estimate of drug-likeness (QED) is 0.779. The second-order valence-corrected chi connectivity index (χ2v) is 3.76. The predicted molar refractivity (Wildman–Crippen MR) is 70.7 cm³/mol. The van der Waals surface area contributed by atoms with Crippen molar-refractivity contribution in [2.24, 2.45) is 0 Å². The molecule has 0 aliphatic heterocycles. The van der Waals surface area contributed by atoms with Gasteiger partial charge >= 0.3 is 0 Å². The van der Waals surface area contributed by atoms with Crippen LogP contribution in [0.4, 0.5) is 23.3 Å². The van der Waals surface area contributed by atoms with Gasteiger partial charge in [-0.3, -0.25) is 0 Å². The lowest BCUT2D eigenvalue weighted by Gasteiger charge is -2.09. The van der Waals surface area contributed by atoms with Crippen molar-refractivity contribution in [2.75, 3.05) is 23.4 Å². The maximum atomic E-state index is 6.03. The van der Waals surface area contributed by atoms with Crippen LogP contribution in [0.5, 0.6) is 0 Å². The van der Waals surface area contributed by atoms with E-state index in [1.807, 2.05) is 18.2 Å². The number of benzene rings is 1. The monoisotopic (exact) mass is 249 g/mol. The number of rotatable bonds is 3. The van der Waals surface area contributed by atoms with Gasteiger partial charge in [0.1, 0.15) is 11.6 Å². The van der Waals surface area contributed by atoms with Gasteiger partial charge in [0.25, 0.3) is 0 Å². The van der Waals surface area contributed by atoms with E-state index in [0.29, 0.717) is 16.7 Å². The Labute approximate surface area is 104 Å². The van der Waals surface area contributed by atoms with E-state index in [1.165, 1.54) is 0 Å². The lowest BCUT2D eigenvalue weighted by molar-refractivity contribution is 1.17. The molecule has 0 fully saturated rings. The average molecular weight is 250 g/mol. The first kappa shape index (κ1) is 11.5. The highest BCUT2D eigenvalue weighted by Gasteiger charge is 2.03. The van der Waals surface area contributed by atoms with E-state index >= 15 is 0 Å². The normalized spacial score (nSPS) is 10.0. The number of aromatic nitrogens is 2. The SMILES string of the molecule is CNc1cc(Nc2ccccc2Cl)nc(N)n1. The minimum atomic E-state index is 0.200. The first-order valence-corrected chi connectivity index (χ1v) is 5.40. The molecular formula is C11H12ClN5. The second kappa shape index (κ2) is 4.88. The van der Waals surface area contributed by atoms with Crippen molar-refractivity contribution in [1.82, 2.24) is 9.97 Å². The minimum absolute atomic E-state index is 0.200. The van der Waals surface area contributed by atoms with E-state index in [0.717, 1.165) is 5.69 Å². The molecule has 2 aromatic rings. The molecule has 0 saturated heterocycles. The lowest BCUT2D eigenvalue weighted by atomic mass is 10.3. The number of anilines is 4. The molecule has 0 unspecified atom stereocenters. The molecule has 4 N–H and O–H groups in total. The van der Waals surface area contributed by atoms with Gasteiger partial charge in [-0.25, -0.2) is 0 Å². The molecule has 0 atom stereocenters. The molecule has 0 aliphatic carbocycles. The number of nitrogens with two attached hydrogens (primary N) is 1. The van der Waals surface area contributed by atoms with Crippen molar-refractivity contribution in [3.05, 3.63) is 35.4 Å². The van der Waals surface area contributed by atoms with Gasteiger partial charge in [0.05, 0.1) is 10.7 Å². The third kappa shape index (κ3) is 2.76. The molecule has 1 heterocycles. The molecule has 1 aromatic heterocycles. The van der Waals surface area contributed by atoms with Crippen LogP contribution in [0, 0.1) is 0 Å². The Bertz CT molecular complexity index is 529. The maximum absolute atomic E-state index is 6.03. The highest BCUT2D eigenvalue weighted by molar-refractivity contribution is 6.33. The number of nitrogens with zero attached hydrogens (tertiary/aromatic N) is 2. The van der Waals surface area contributed by atoms with Crippen LogP contribution in [0.2, 0.25) is 5.02 Å². The van der Waals surface area contributed by atoms with Crippen molar-refractivity contribution < 1.29 is 0 Å². The number of halogens is 1. The van der Waals surface area contributed by atoms with E-state index in [-0.39, 0.29) is 5.95 Å². The Hall–Kier alpha value is -2.01. The third-order valence-corrected chi connectivity index (χ3v) is 2.47. The first-order chi connectivity index (χ1) is 8.19. The molecule has 2 rings (SSSR count). The zero-order chi connectivity index (χ0) is 12.3. The summed E-state index contributed by atoms with van der Waals surface area (Å²) in [5, 5.41) is 6.61. The van der Waals surface area contributed by atoms with Crippen LogP contribution in [0.25, 0.3) is 0 Å². The number of nitrogens with one attached hydrogen (secondary N) is 2. The zero-order valence-electron chi connectivity index (χ0n) is 9.24. The van der Waals surface area contributed by atoms with Crippen molar-refractivity contribution in [3.63, 3.8) is 0 Å². The smallest absolute Gasteiger partial charge is 0.223 e. The van der Waals surface area contributed by atoms with Gasteiger partial charge in [0.2, 0.25) is 5.95 Å². The van der Waals surface area contributed by atoms with Crippen molar-refractivity contribution in [2.45, 2.75) is 0 Å². The molecule has 17 heavy (non-hydrogen) atoms. The maximum Gasteiger partial charge on any atom is 0.223 e. The second-order valence-electron chi connectivity index (χ2n) is 3.35. The van der Waals surface area contributed by atoms with Crippen LogP contribution >= 0.6 is 11.6 Å². The Morgan fingerprint density at radius 2 is 1.88 bits per heavy atom. The fourth-order valence-electron chi connectivity index (χ4n) is 1.36. The van der Waals surface area contributed by atoms with E-state index in [1.54, 1.807) is 19.2 Å². The van der Waals surface area contributed by atoms with Crippen LogP contribution < -0.4 is 16.4 Å². The summed E-state index contributed by atoms with van der Waals surface area (Å²) in [5.74, 6) is 1.44. The molecule has 0 radical (unpaired) electrons. The Kier molecular flexibility index (Phi) is 3.30. The van der Waals surface area contributed by atoms with Gasteiger partial charge in [-0.05, 0) is 12.1 Å². The fourth-order valence-corrected chi connectivity index (χ4v) is 1.54. The van der Waals surface area contributed by atoms with Gasteiger partial charge in [-0.1, -0.05) is 23.7 Å². The molecule has 5 nitrogen and oxygen atoms in total.